The third kappa shape index (κ3) is 3.24. The molecule has 21 heavy (non-hydrogen) atoms. The van der Waals surface area contributed by atoms with Gasteiger partial charge in [-0.3, -0.25) is 0 Å². The lowest BCUT2D eigenvalue weighted by Gasteiger charge is -2.18. The second kappa shape index (κ2) is 6.43. The van der Waals surface area contributed by atoms with E-state index in [1.54, 1.807) is 6.20 Å². The van der Waals surface area contributed by atoms with E-state index in [9.17, 15) is 0 Å². The first kappa shape index (κ1) is 13.7. The fraction of sp³-hybridized carbons (Fsp3) is 0.375. The van der Waals surface area contributed by atoms with Crippen molar-refractivity contribution in [2.45, 2.75) is 32.2 Å². The molecule has 1 N–H and O–H groups in total. The highest BCUT2D eigenvalue weighted by Gasteiger charge is 2.16. The van der Waals surface area contributed by atoms with Gasteiger partial charge in [-0.2, -0.15) is 0 Å². The largest absolute Gasteiger partial charge is 0.494 e. The Kier molecular flexibility index (Phi) is 4.19. The molecule has 0 saturated carbocycles. The summed E-state index contributed by atoms with van der Waals surface area (Å²) in [6, 6.07) is 6.06. The van der Waals surface area contributed by atoms with Crippen molar-refractivity contribution in [2.24, 2.45) is 5.16 Å². The van der Waals surface area contributed by atoms with Crippen LogP contribution in [0.1, 0.15) is 30.4 Å². The molecule has 1 heterocycles. The summed E-state index contributed by atoms with van der Waals surface area (Å²) in [5.74, 6) is 0.836. The summed E-state index contributed by atoms with van der Waals surface area (Å²) in [6.07, 6.45) is 9.36. The van der Waals surface area contributed by atoms with Gasteiger partial charge < -0.3 is 14.5 Å². The highest BCUT2D eigenvalue weighted by molar-refractivity contribution is 6.02. The zero-order valence-corrected chi connectivity index (χ0v) is 11.9. The molecule has 1 aliphatic rings. The maximum atomic E-state index is 9.09. The van der Waals surface area contributed by atoms with Crippen LogP contribution in [0.4, 0.5) is 0 Å². The van der Waals surface area contributed by atoms with Crippen LogP contribution in [0.2, 0.25) is 0 Å². The standard InChI is InChI=1S/C16H19N3O2/c20-18-16-4-1-3-13-5-6-14(11-15(13)16)21-10-2-8-19-9-7-17-12-19/h5-7,9,11-12,20H,1-4,8,10H2/b18-16-. The first-order valence-corrected chi connectivity index (χ1v) is 7.29. The molecule has 0 fully saturated rings. The molecule has 0 spiro atoms. The highest BCUT2D eigenvalue weighted by Crippen LogP contribution is 2.26. The van der Waals surface area contributed by atoms with Gasteiger partial charge in [0.05, 0.1) is 18.6 Å². The number of rotatable bonds is 5. The van der Waals surface area contributed by atoms with Gasteiger partial charge in [-0.05, 0) is 43.4 Å². The lowest BCUT2D eigenvalue weighted by molar-refractivity contribution is 0.301. The fourth-order valence-corrected chi connectivity index (χ4v) is 2.67. The van der Waals surface area contributed by atoms with Crippen LogP contribution in [0.25, 0.3) is 0 Å². The van der Waals surface area contributed by atoms with Gasteiger partial charge in [-0.15, -0.1) is 0 Å². The molecular formula is C16H19N3O2. The first-order valence-electron chi connectivity index (χ1n) is 7.29. The predicted octanol–water partition coefficient (Wildman–Crippen LogP) is 2.87. The normalized spacial score (nSPS) is 15.9. The summed E-state index contributed by atoms with van der Waals surface area (Å²) in [7, 11) is 0. The molecule has 0 saturated heterocycles. The van der Waals surface area contributed by atoms with E-state index in [2.05, 4.69) is 16.2 Å². The van der Waals surface area contributed by atoms with Gasteiger partial charge in [0, 0.05) is 24.5 Å². The Balaban J connectivity index is 1.59. The van der Waals surface area contributed by atoms with Gasteiger partial charge >= 0.3 is 0 Å². The molecule has 0 bridgehead atoms. The molecule has 0 aliphatic heterocycles. The van der Waals surface area contributed by atoms with Crippen molar-refractivity contribution < 1.29 is 9.94 Å². The summed E-state index contributed by atoms with van der Waals surface area (Å²) >= 11 is 0. The number of fused-ring (bicyclic) bond motifs is 1. The van der Waals surface area contributed by atoms with Crippen molar-refractivity contribution in [1.29, 1.82) is 0 Å². The Labute approximate surface area is 123 Å². The number of hydrogen-bond donors (Lipinski definition) is 1. The van der Waals surface area contributed by atoms with Crippen molar-refractivity contribution in [3.8, 4) is 5.75 Å². The minimum atomic E-state index is 0.655. The van der Waals surface area contributed by atoms with Crippen LogP contribution in [0.3, 0.4) is 0 Å². The molecule has 2 aromatic rings. The number of nitrogens with zero attached hydrogens (tertiary/aromatic N) is 3. The smallest absolute Gasteiger partial charge is 0.119 e. The number of hydrogen-bond acceptors (Lipinski definition) is 4. The van der Waals surface area contributed by atoms with Gasteiger partial charge in [0.1, 0.15) is 5.75 Å². The van der Waals surface area contributed by atoms with E-state index in [0.717, 1.165) is 49.3 Å². The van der Waals surface area contributed by atoms with E-state index in [-0.39, 0.29) is 0 Å². The Morgan fingerprint density at radius 1 is 1.33 bits per heavy atom. The zero-order chi connectivity index (χ0) is 14.5. The molecule has 1 aromatic carbocycles. The van der Waals surface area contributed by atoms with E-state index >= 15 is 0 Å². The van der Waals surface area contributed by atoms with E-state index in [1.165, 1.54) is 5.56 Å². The van der Waals surface area contributed by atoms with Crippen LogP contribution in [0.5, 0.6) is 5.75 Å². The molecule has 5 heteroatoms. The molecule has 0 radical (unpaired) electrons. The molecule has 3 rings (SSSR count). The van der Waals surface area contributed by atoms with Crippen molar-refractivity contribution in [3.63, 3.8) is 0 Å². The molecule has 0 unspecified atom stereocenters. The van der Waals surface area contributed by atoms with Gasteiger partial charge in [0.2, 0.25) is 0 Å². The van der Waals surface area contributed by atoms with Crippen LogP contribution in [-0.2, 0) is 13.0 Å². The number of oxime groups is 1. The quantitative estimate of drug-likeness (QED) is 0.522. The highest BCUT2D eigenvalue weighted by atomic mass is 16.5. The van der Waals surface area contributed by atoms with Crippen molar-refractivity contribution in [2.75, 3.05) is 6.61 Å². The minimum absolute atomic E-state index is 0.655. The van der Waals surface area contributed by atoms with Crippen LogP contribution >= 0.6 is 0 Å². The molecule has 1 aliphatic carbocycles. The van der Waals surface area contributed by atoms with Crippen LogP contribution in [0.15, 0.2) is 42.1 Å². The lowest BCUT2D eigenvalue weighted by atomic mass is 9.90. The molecule has 1 aromatic heterocycles. The van der Waals surface area contributed by atoms with E-state index in [4.69, 9.17) is 9.94 Å². The predicted molar refractivity (Wildman–Crippen MR) is 80.0 cm³/mol. The van der Waals surface area contributed by atoms with E-state index in [1.807, 2.05) is 29.2 Å². The molecular weight excluding hydrogens is 266 g/mol. The number of imidazole rings is 1. The Morgan fingerprint density at radius 2 is 2.29 bits per heavy atom. The van der Waals surface area contributed by atoms with Crippen molar-refractivity contribution in [1.82, 2.24) is 9.55 Å². The first-order chi connectivity index (χ1) is 10.4. The Hall–Kier alpha value is -2.30. The summed E-state index contributed by atoms with van der Waals surface area (Å²) in [6.45, 7) is 1.55. The third-order valence-electron chi connectivity index (χ3n) is 3.76. The minimum Gasteiger partial charge on any atom is -0.494 e. The molecule has 5 nitrogen and oxygen atoms in total. The van der Waals surface area contributed by atoms with Crippen molar-refractivity contribution in [3.05, 3.63) is 48.0 Å². The molecule has 110 valence electrons. The van der Waals surface area contributed by atoms with Crippen molar-refractivity contribution >= 4 is 5.71 Å². The SMILES string of the molecule is O/N=C1/CCCc2ccc(OCCCn3ccnc3)cc21. The second-order valence-electron chi connectivity index (χ2n) is 5.22. The average molecular weight is 285 g/mol. The second-order valence-corrected chi connectivity index (χ2v) is 5.22. The monoisotopic (exact) mass is 285 g/mol. The number of ether oxygens (including phenoxy) is 1. The number of aromatic nitrogens is 2. The third-order valence-corrected chi connectivity index (χ3v) is 3.76. The Bertz CT molecular complexity index is 620. The van der Waals surface area contributed by atoms with Crippen LogP contribution in [-0.4, -0.2) is 27.1 Å². The maximum Gasteiger partial charge on any atom is 0.119 e. The molecule has 0 amide bonds. The summed E-state index contributed by atoms with van der Waals surface area (Å²) in [5, 5.41) is 12.5. The zero-order valence-electron chi connectivity index (χ0n) is 11.9. The van der Waals surface area contributed by atoms with Gasteiger partial charge in [0.25, 0.3) is 0 Å². The number of aryl methyl sites for hydroxylation is 2. The summed E-state index contributed by atoms with van der Waals surface area (Å²) in [4.78, 5) is 4.01. The average Bonchev–Trinajstić information content (AvgIpc) is 3.04. The van der Waals surface area contributed by atoms with E-state index < -0.39 is 0 Å². The molecule has 0 atom stereocenters. The van der Waals surface area contributed by atoms with E-state index in [0.29, 0.717) is 6.61 Å². The van der Waals surface area contributed by atoms with Gasteiger partial charge in [-0.1, -0.05) is 11.2 Å². The Morgan fingerprint density at radius 3 is 3.10 bits per heavy atom. The van der Waals surface area contributed by atoms with Gasteiger partial charge in [0.15, 0.2) is 0 Å². The number of benzene rings is 1. The maximum absolute atomic E-state index is 9.09. The lowest BCUT2D eigenvalue weighted by Crippen LogP contribution is -2.12. The van der Waals surface area contributed by atoms with Crippen LogP contribution in [0, 0.1) is 0 Å². The van der Waals surface area contributed by atoms with Gasteiger partial charge in [-0.25, -0.2) is 4.98 Å². The summed E-state index contributed by atoms with van der Waals surface area (Å²) < 4.78 is 7.83. The van der Waals surface area contributed by atoms with Crippen LogP contribution < -0.4 is 4.74 Å². The fourth-order valence-electron chi connectivity index (χ4n) is 2.67. The topological polar surface area (TPSA) is 59.6 Å². The summed E-state index contributed by atoms with van der Waals surface area (Å²) in [5.41, 5.74) is 3.02.